The second-order valence-corrected chi connectivity index (χ2v) is 5.12. The third-order valence-corrected chi connectivity index (χ3v) is 3.21. The van der Waals surface area contributed by atoms with Crippen LogP contribution in [0.3, 0.4) is 0 Å². The van der Waals surface area contributed by atoms with Gasteiger partial charge in [0.2, 0.25) is 5.91 Å². The number of benzene rings is 1. The Morgan fingerprint density at radius 3 is 2.71 bits per heavy atom. The summed E-state index contributed by atoms with van der Waals surface area (Å²) in [5.74, 6) is -0.821. The number of carboxylic acid groups (broad SMARTS) is 1. The molecule has 0 aromatic heterocycles. The fourth-order valence-corrected chi connectivity index (χ4v) is 2.04. The van der Waals surface area contributed by atoms with Crippen LogP contribution in [0.15, 0.2) is 30.3 Å². The van der Waals surface area contributed by atoms with Gasteiger partial charge in [-0.05, 0) is 29.7 Å². The zero-order valence-electron chi connectivity index (χ0n) is 12.7. The Kier molecular flexibility index (Phi) is 7.23. The molecule has 0 aliphatic heterocycles. The van der Waals surface area contributed by atoms with Gasteiger partial charge < -0.3 is 10.0 Å². The maximum Gasteiger partial charge on any atom is 0.328 e. The van der Waals surface area contributed by atoms with Gasteiger partial charge in [-0.15, -0.1) is 0 Å². The van der Waals surface area contributed by atoms with Crippen molar-refractivity contribution in [1.29, 1.82) is 0 Å². The van der Waals surface area contributed by atoms with E-state index in [0.29, 0.717) is 13.0 Å². The first-order valence-corrected chi connectivity index (χ1v) is 7.27. The Morgan fingerprint density at radius 1 is 1.29 bits per heavy atom. The molecule has 4 nitrogen and oxygen atoms in total. The molecule has 0 aliphatic rings. The number of amides is 1. The van der Waals surface area contributed by atoms with Gasteiger partial charge in [0.05, 0.1) is 0 Å². The predicted molar refractivity (Wildman–Crippen MR) is 83.7 cm³/mol. The molecule has 0 saturated carbocycles. The predicted octanol–water partition coefficient (Wildman–Crippen LogP) is 3.32. The lowest BCUT2D eigenvalue weighted by molar-refractivity contribution is -0.131. The third-order valence-electron chi connectivity index (χ3n) is 3.21. The topological polar surface area (TPSA) is 57.6 Å². The average molecular weight is 289 g/mol. The van der Waals surface area contributed by atoms with Gasteiger partial charge in [-0.1, -0.05) is 38.0 Å². The summed E-state index contributed by atoms with van der Waals surface area (Å²) in [7, 11) is 1.80. The molecule has 1 amide bonds. The molecule has 0 aliphatic carbocycles. The monoisotopic (exact) mass is 289 g/mol. The molecule has 0 bridgehead atoms. The van der Waals surface area contributed by atoms with Crippen molar-refractivity contribution in [3.05, 3.63) is 41.5 Å². The van der Waals surface area contributed by atoms with E-state index in [1.54, 1.807) is 18.0 Å². The SMILES string of the molecule is CCCCCC(=O)N(C)Cc1cccc(C=CC(=O)O)c1. The molecule has 114 valence electrons. The number of carbonyl (C=O) groups excluding carboxylic acids is 1. The number of aliphatic carboxylic acids is 1. The number of hydrogen-bond acceptors (Lipinski definition) is 2. The highest BCUT2D eigenvalue weighted by Gasteiger charge is 2.08. The highest BCUT2D eigenvalue weighted by atomic mass is 16.4. The number of carboxylic acids is 1. The van der Waals surface area contributed by atoms with Gasteiger partial charge in [0, 0.05) is 26.1 Å². The summed E-state index contributed by atoms with van der Waals surface area (Å²) in [6.07, 6.45) is 6.36. The molecule has 0 unspecified atom stereocenters. The number of rotatable bonds is 8. The molecule has 0 heterocycles. The summed E-state index contributed by atoms with van der Waals surface area (Å²) >= 11 is 0. The van der Waals surface area contributed by atoms with E-state index >= 15 is 0 Å². The van der Waals surface area contributed by atoms with E-state index in [1.165, 1.54) is 0 Å². The summed E-state index contributed by atoms with van der Waals surface area (Å²) in [5, 5.41) is 8.63. The second kappa shape index (κ2) is 8.95. The van der Waals surface area contributed by atoms with Crippen LogP contribution in [0.1, 0.15) is 43.7 Å². The molecule has 1 aromatic rings. The summed E-state index contributed by atoms with van der Waals surface area (Å²) in [5.41, 5.74) is 1.82. The van der Waals surface area contributed by atoms with Crippen molar-refractivity contribution in [2.24, 2.45) is 0 Å². The van der Waals surface area contributed by atoms with Crippen LogP contribution in [0.2, 0.25) is 0 Å². The van der Waals surface area contributed by atoms with Crippen LogP contribution >= 0.6 is 0 Å². The van der Waals surface area contributed by atoms with Gasteiger partial charge in [0.1, 0.15) is 0 Å². The van der Waals surface area contributed by atoms with Gasteiger partial charge >= 0.3 is 5.97 Å². The molecule has 0 saturated heterocycles. The Labute approximate surface area is 126 Å². The normalized spacial score (nSPS) is 10.8. The molecule has 0 atom stereocenters. The first-order chi connectivity index (χ1) is 10.0. The maximum absolute atomic E-state index is 12.0. The fourth-order valence-electron chi connectivity index (χ4n) is 2.04. The molecule has 0 fully saturated rings. The highest BCUT2D eigenvalue weighted by Crippen LogP contribution is 2.11. The summed E-state index contributed by atoms with van der Waals surface area (Å²) in [4.78, 5) is 24.2. The van der Waals surface area contributed by atoms with Crippen LogP contribution in [-0.4, -0.2) is 28.9 Å². The van der Waals surface area contributed by atoms with Crippen LogP contribution in [0.25, 0.3) is 6.08 Å². The van der Waals surface area contributed by atoms with Gasteiger partial charge in [-0.2, -0.15) is 0 Å². The van der Waals surface area contributed by atoms with Crippen LogP contribution in [-0.2, 0) is 16.1 Å². The molecule has 1 aromatic carbocycles. The van der Waals surface area contributed by atoms with Crippen LogP contribution in [0, 0.1) is 0 Å². The maximum atomic E-state index is 12.0. The molecule has 0 spiro atoms. The second-order valence-electron chi connectivity index (χ2n) is 5.12. The van der Waals surface area contributed by atoms with Gasteiger partial charge in [0.25, 0.3) is 0 Å². The average Bonchev–Trinajstić information content (AvgIpc) is 2.45. The third kappa shape index (κ3) is 6.75. The van der Waals surface area contributed by atoms with E-state index < -0.39 is 5.97 Å². The van der Waals surface area contributed by atoms with Gasteiger partial charge in [-0.3, -0.25) is 4.79 Å². The minimum Gasteiger partial charge on any atom is -0.478 e. The lowest BCUT2D eigenvalue weighted by Crippen LogP contribution is -2.25. The summed E-state index contributed by atoms with van der Waals surface area (Å²) in [6.45, 7) is 2.66. The smallest absolute Gasteiger partial charge is 0.328 e. The van der Waals surface area contributed by atoms with Crippen molar-refractivity contribution in [2.45, 2.75) is 39.2 Å². The van der Waals surface area contributed by atoms with Crippen molar-refractivity contribution in [3.63, 3.8) is 0 Å². The lowest BCUT2D eigenvalue weighted by atomic mass is 10.1. The highest BCUT2D eigenvalue weighted by molar-refractivity contribution is 5.85. The summed E-state index contributed by atoms with van der Waals surface area (Å²) < 4.78 is 0. The van der Waals surface area contributed by atoms with Gasteiger partial charge in [0.15, 0.2) is 0 Å². The molecule has 1 N–H and O–H groups in total. The van der Waals surface area contributed by atoms with Crippen molar-refractivity contribution >= 4 is 18.0 Å². The van der Waals surface area contributed by atoms with E-state index in [2.05, 4.69) is 6.92 Å². The molecular weight excluding hydrogens is 266 g/mol. The Morgan fingerprint density at radius 2 is 2.05 bits per heavy atom. The van der Waals surface area contributed by atoms with Crippen LogP contribution in [0.5, 0.6) is 0 Å². The number of carbonyl (C=O) groups is 2. The first-order valence-electron chi connectivity index (χ1n) is 7.27. The number of hydrogen-bond donors (Lipinski definition) is 1. The molecule has 1 rings (SSSR count). The first kappa shape index (κ1) is 17.0. The standard InChI is InChI=1S/C17H23NO3/c1-3-4-5-9-16(19)18(2)13-15-8-6-7-14(12-15)10-11-17(20)21/h6-8,10-12H,3-5,9,13H2,1-2H3,(H,20,21). The van der Waals surface area contributed by atoms with Crippen molar-refractivity contribution in [1.82, 2.24) is 4.90 Å². The minimum absolute atomic E-state index is 0.148. The van der Waals surface area contributed by atoms with Crippen LogP contribution in [0.4, 0.5) is 0 Å². The fraction of sp³-hybridized carbons (Fsp3) is 0.412. The number of nitrogens with zero attached hydrogens (tertiary/aromatic N) is 1. The Balaban J connectivity index is 2.59. The van der Waals surface area contributed by atoms with E-state index in [1.807, 2.05) is 24.3 Å². The van der Waals surface area contributed by atoms with Crippen molar-refractivity contribution in [3.8, 4) is 0 Å². The quantitative estimate of drug-likeness (QED) is 0.590. The lowest BCUT2D eigenvalue weighted by Gasteiger charge is -2.17. The van der Waals surface area contributed by atoms with Crippen molar-refractivity contribution in [2.75, 3.05) is 7.05 Å². The zero-order valence-corrected chi connectivity index (χ0v) is 12.7. The molecule has 21 heavy (non-hydrogen) atoms. The van der Waals surface area contributed by atoms with Crippen LogP contribution < -0.4 is 0 Å². The van der Waals surface area contributed by atoms with E-state index in [-0.39, 0.29) is 5.91 Å². The zero-order chi connectivity index (χ0) is 15.7. The van der Waals surface area contributed by atoms with Gasteiger partial charge in [-0.25, -0.2) is 4.79 Å². The van der Waals surface area contributed by atoms with E-state index in [9.17, 15) is 9.59 Å². The Hall–Kier alpha value is -2.10. The largest absolute Gasteiger partial charge is 0.478 e. The van der Waals surface area contributed by atoms with Crippen molar-refractivity contribution < 1.29 is 14.7 Å². The van der Waals surface area contributed by atoms with E-state index in [4.69, 9.17) is 5.11 Å². The summed E-state index contributed by atoms with van der Waals surface area (Å²) in [6, 6.07) is 7.54. The van der Waals surface area contributed by atoms with E-state index in [0.717, 1.165) is 36.5 Å². The minimum atomic E-state index is -0.969. The number of unbranched alkanes of at least 4 members (excludes halogenated alkanes) is 2. The molecule has 4 heteroatoms. The molecule has 0 radical (unpaired) electrons. The molecular formula is C17H23NO3. The Bertz CT molecular complexity index is 509.